The highest BCUT2D eigenvalue weighted by atomic mass is 79.9. The smallest absolute Gasteiger partial charge is 0.315 e. The minimum atomic E-state index is -0.433. The van der Waals surface area contributed by atoms with Crippen molar-refractivity contribution in [3.8, 4) is 5.88 Å². The van der Waals surface area contributed by atoms with E-state index in [1.807, 2.05) is 13.0 Å². The molecule has 1 fully saturated rings. The first-order chi connectivity index (χ1) is 8.07. The first-order valence-electron chi connectivity index (χ1n) is 5.41. The molecule has 0 unspecified atom stereocenters. The van der Waals surface area contributed by atoms with Crippen LogP contribution in [0.3, 0.4) is 0 Å². The Morgan fingerprint density at radius 2 is 2.29 bits per heavy atom. The predicted octanol–water partition coefficient (Wildman–Crippen LogP) is 2.48. The van der Waals surface area contributed by atoms with Gasteiger partial charge in [0.05, 0.1) is 7.11 Å². The summed E-state index contributed by atoms with van der Waals surface area (Å²) in [6, 6.07) is 1.84. The average Bonchev–Trinajstić information content (AvgIpc) is 3.11. The van der Waals surface area contributed by atoms with Crippen molar-refractivity contribution in [2.75, 3.05) is 13.7 Å². The van der Waals surface area contributed by atoms with E-state index in [0.717, 1.165) is 22.9 Å². The maximum absolute atomic E-state index is 11.5. The third-order valence-corrected chi connectivity index (χ3v) is 3.82. The van der Waals surface area contributed by atoms with Crippen molar-refractivity contribution in [3.63, 3.8) is 0 Å². The molecule has 4 nitrogen and oxygen atoms in total. The lowest BCUT2D eigenvalue weighted by atomic mass is 10.1. The highest BCUT2D eigenvalue weighted by molar-refractivity contribution is 9.10. The van der Waals surface area contributed by atoms with Gasteiger partial charge < -0.3 is 9.47 Å². The second-order valence-corrected chi connectivity index (χ2v) is 5.19. The molecule has 92 valence electrons. The number of carbonyl (C=O) groups is 1. The third-order valence-electron chi connectivity index (χ3n) is 2.99. The first-order valence-corrected chi connectivity index (χ1v) is 6.20. The van der Waals surface area contributed by atoms with Crippen molar-refractivity contribution in [2.24, 2.45) is 5.41 Å². The van der Waals surface area contributed by atoms with Gasteiger partial charge in [-0.2, -0.15) is 0 Å². The Kier molecular flexibility index (Phi) is 3.38. The van der Waals surface area contributed by atoms with Gasteiger partial charge >= 0.3 is 5.97 Å². The molecule has 0 amide bonds. The van der Waals surface area contributed by atoms with Crippen molar-refractivity contribution >= 4 is 21.9 Å². The molecular formula is C12H14BrNO3. The Labute approximate surface area is 108 Å². The van der Waals surface area contributed by atoms with Crippen molar-refractivity contribution in [2.45, 2.75) is 19.8 Å². The van der Waals surface area contributed by atoms with Gasteiger partial charge in [0.1, 0.15) is 12.0 Å². The molecule has 2 rings (SSSR count). The summed E-state index contributed by atoms with van der Waals surface area (Å²) in [7, 11) is 1.41. The van der Waals surface area contributed by atoms with Gasteiger partial charge in [-0.3, -0.25) is 4.79 Å². The molecule has 0 aliphatic heterocycles. The van der Waals surface area contributed by atoms with Crippen LogP contribution < -0.4 is 4.74 Å². The van der Waals surface area contributed by atoms with Crippen LogP contribution in [-0.4, -0.2) is 24.7 Å². The quantitative estimate of drug-likeness (QED) is 0.802. The van der Waals surface area contributed by atoms with E-state index in [1.165, 1.54) is 7.11 Å². The average molecular weight is 300 g/mol. The van der Waals surface area contributed by atoms with Crippen LogP contribution in [-0.2, 0) is 9.53 Å². The summed E-state index contributed by atoms with van der Waals surface area (Å²) in [5, 5.41) is 0. The number of rotatable bonds is 4. The van der Waals surface area contributed by atoms with Gasteiger partial charge in [-0.05, 0) is 41.3 Å². The zero-order chi connectivity index (χ0) is 12.5. The molecule has 5 heteroatoms. The molecule has 0 spiro atoms. The summed E-state index contributed by atoms with van der Waals surface area (Å²) in [6.45, 7) is 2.31. The Morgan fingerprint density at radius 1 is 1.59 bits per heavy atom. The lowest BCUT2D eigenvalue weighted by Gasteiger charge is -2.13. The van der Waals surface area contributed by atoms with E-state index in [4.69, 9.17) is 9.47 Å². The van der Waals surface area contributed by atoms with Crippen LogP contribution in [0.1, 0.15) is 18.4 Å². The summed E-state index contributed by atoms with van der Waals surface area (Å²) in [6.07, 6.45) is 3.35. The minimum Gasteiger partial charge on any atom is -0.476 e. The molecule has 0 N–H and O–H groups in total. The molecule has 1 aromatic heterocycles. The number of esters is 1. The Balaban J connectivity index is 1.98. The normalized spacial score (nSPS) is 16.4. The van der Waals surface area contributed by atoms with E-state index in [2.05, 4.69) is 20.9 Å². The van der Waals surface area contributed by atoms with Gasteiger partial charge in [-0.1, -0.05) is 0 Å². The zero-order valence-corrected chi connectivity index (χ0v) is 11.4. The SMILES string of the molecule is COC(=O)C1(COc2cc(C)c(Br)cn2)CC1. The van der Waals surface area contributed by atoms with Gasteiger partial charge in [-0.15, -0.1) is 0 Å². The van der Waals surface area contributed by atoms with E-state index in [1.54, 1.807) is 6.20 Å². The summed E-state index contributed by atoms with van der Waals surface area (Å²) in [5.74, 6) is 0.354. The fourth-order valence-corrected chi connectivity index (χ4v) is 1.80. The van der Waals surface area contributed by atoms with Crippen LogP contribution in [0.15, 0.2) is 16.7 Å². The topological polar surface area (TPSA) is 48.4 Å². The fourth-order valence-electron chi connectivity index (χ4n) is 1.58. The molecule has 0 saturated heterocycles. The maximum Gasteiger partial charge on any atom is 0.315 e. The fraction of sp³-hybridized carbons (Fsp3) is 0.500. The van der Waals surface area contributed by atoms with E-state index >= 15 is 0 Å². The highest BCUT2D eigenvalue weighted by Gasteiger charge is 2.52. The monoisotopic (exact) mass is 299 g/mol. The van der Waals surface area contributed by atoms with Crippen LogP contribution in [0.2, 0.25) is 0 Å². The minimum absolute atomic E-state index is 0.189. The van der Waals surface area contributed by atoms with Crippen LogP contribution in [0.4, 0.5) is 0 Å². The number of halogens is 1. The number of aryl methyl sites for hydroxylation is 1. The van der Waals surface area contributed by atoms with Crippen molar-refractivity contribution in [1.29, 1.82) is 0 Å². The first kappa shape index (κ1) is 12.4. The summed E-state index contributed by atoms with van der Waals surface area (Å²) < 4.78 is 11.3. The third kappa shape index (κ3) is 2.60. The van der Waals surface area contributed by atoms with Gasteiger partial charge in [0, 0.05) is 16.7 Å². The van der Waals surface area contributed by atoms with Gasteiger partial charge in [0.2, 0.25) is 5.88 Å². The molecule has 1 aliphatic rings. The van der Waals surface area contributed by atoms with Gasteiger partial charge in [0.25, 0.3) is 0 Å². The molecular weight excluding hydrogens is 286 g/mol. The molecule has 17 heavy (non-hydrogen) atoms. The van der Waals surface area contributed by atoms with Crippen LogP contribution in [0.25, 0.3) is 0 Å². The second-order valence-electron chi connectivity index (χ2n) is 4.33. The van der Waals surface area contributed by atoms with Crippen LogP contribution in [0, 0.1) is 12.3 Å². The summed E-state index contributed by atoms with van der Waals surface area (Å²) in [4.78, 5) is 15.6. The van der Waals surface area contributed by atoms with Crippen molar-refractivity contribution < 1.29 is 14.3 Å². The number of hydrogen-bond acceptors (Lipinski definition) is 4. The zero-order valence-electron chi connectivity index (χ0n) is 9.83. The summed E-state index contributed by atoms with van der Waals surface area (Å²) in [5.41, 5.74) is 0.620. The number of hydrogen-bond donors (Lipinski definition) is 0. The van der Waals surface area contributed by atoms with E-state index < -0.39 is 5.41 Å². The Hall–Kier alpha value is -1.10. The molecule has 0 atom stereocenters. The van der Waals surface area contributed by atoms with Gasteiger partial charge in [0.15, 0.2) is 0 Å². The van der Waals surface area contributed by atoms with Crippen LogP contribution >= 0.6 is 15.9 Å². The van der Waals surface area contributed by atoms with Gasteiger partial charge in [-0.25, -0.2) is 4.98 Å². The highest BCUT2D eigenvalue weighted by Crippen LogP contribution is 2.46. The van der Waals surface area contributed by atoms with E-state index in [0.29, 0.717) is 12.5 Å². The number of methoxy groups -OCH3 is 1. The predicted molar refractivity (Wildman–Crippen MR) is 65.9 cm³/mol. The molecule has 1 aromatic rings. The lowest BCUT2D eigenvalue weighted by molar-refractivity contribution is -0.148. The van der Waals surface area contributed by atoms with E-state index in [9.17, 15) is 4.79 Å². The number of carbonyl (C=O) groups excluding carboxylic acids is 1. The maximum atomic E-state index is 11.5. The standard InChI is InChI=1S/C12H14BrNO3/c1-8-5-10(14-6-9(8)13)17-7-12(3-4-12)11(15)16-2/h5-6H,3-4,7H2,1-2H3. The number of nitrogens with zero attached hydrogens (tertiary/aromatic N) is 1. The number of ether oxygens (including phenoxy) is 2. The van der Waals surface area contributed by atoms with E-state index in [-0.39, 0.29) is 5.97 Å². The summed E-state index contributed by atoms with van der Waals surface area (Å²) >= 11 is 3.37. The van der Waals surface area contributed by atoms with Crippen molar-refractivity contribution in [3.05, 3.63) is 22.3 Å². The molecule has 0 aromatic carbocycles. The second kappa shape index (κ2) is 4.64. The molecule has 1 heterocycles. The molecule has 0 bridgehead atoms. The molecule has 0 radical (unpaired) electrons. The number of pyridine rings is 1. The number of aromatic nitrogens is 1. The van der Waals surface area contributed by atoms with Crippen LogP contribution in [0.5, 0.6) is 5.88 Å². The van der Waals surface area contributed by atoms with Crippen molar-refractivity contribution in [1.82, 2.24) is 4.98 Å². The largest absolute Gasteiger partial charge is 0.476 e. The Morgan fingerprint density at radius 3 is 2.82 bits per heavy atom. The lowest BCUT2D eigenvalue weighted by Crippen LogP contribution is -2.24. The molecule has 1 saturated carbocycles. The Bertz CT molecular complexity index is 443. The molecule has 1 aliphatic carbocycles.